The Morgan fingerprint density at radius 3 is 2.30 bits per heavy atom. The summed E-state index contributed by atoms with van der Waals surface area (Å²) in [4.78, 5) is 0. The SMILES string of the molecule is OC1CCC(Cl)CC1(Cl)Cl. The molecule has 0 aromatic heterocycles. The average molecular weight is 203 g/mol. The zero-order valence-corrected chi connectivity index (χ0v) is 7.62. The number of hydrogen-bond acceptors (Lipinski definition) is 1. The molecule has 0 amide bonds. The lowest BCUT2D eigenvalue weighted by Crippen LogP contribution is -2.38. The lowest BCUT2D eigenvalue weighted by atomic mass is 9.96. The average Bonchev–Trinajstić information content (AvgIpc) is 1.78. The van der Waals surface area contributed by atoms with Crippen molar-refractivity contribution in [2.45, 2.75) is 35.1 Å². The van der Waals surface area contributed by atoms with Crippen molar-refractivity contribution < 1.29 is 5.11 Å². The second-order valence-electron chi connectivity index (χ2n) is 2.66. The summed E-state index contributed by atoms with van der Waals surface area (Å²) in [6, 6.07) is 0. The van der Waals surface area contributed by atoms with E-state index >= 15 is 0 Å². The molecule has 1 nitrogen and oxygen atoms in total. The van der Waals surface area contributed by atoms with Crippen LogP contribution < -0.4 is 0 Å². The lowest BCUT2D eigenvalue weighted by Gasteiger charge is -2.32. The molecule has 1 N–H and O–H groups in total. The maximum Gasteiger partial charge on any atom is 0.145 e. The van der Waals surface area contributed by atoms with Crippen LogP contribution in [-0.2, 0) is 0 Å². The number of aliphatic hydroxyl groups excluding tert-OH is 1. The van der Waals surface area contributed by atoms with Crippen molar-refractivity contribution in [3.8, 4) is 0 Å². The molecule has 1 aliphatic carbocycles. The summed E-state index contributed by atoms with van der Waals surface area (Å²) in [6.07, 6.45) is 1.25. The second-order valence-corrected chi connectivity index (χ2v) is 4.82. The molecule has 0 spiro atoms. The van der Waals surface area contributed by atoms with Gasteiger partial charge in [0.05, 0.1) is 6.10 Å². The third-order valence-electron chi connectivity index (χ3n) is 1.73. The van der Waals surface area contributed by atoms with Gasteiger partial charge in [-0.1, -0.05) is 23.2 Å². The van der Waals surface area contributed by atoms with E-state index in [2.05, 4.69) is 0 Å². The molecule has 0 aliphatic heterocycles. The molecule has 0 aromatic carbocycles. The molecule has 1 rings (SSSR count). The first-order valence-corrected chi connectivity index (χ1v) is 4.41. The highest BCUT2D eigenvalue weighted by molar-refractivity contribution is 6.49. The fourth-order valence-electron chi connectivity index (χ4n) is 1.08. The smallest absolute Gasteiger partial charge is 0.145 e. The van der Waals surface area contributed by atoms with Crippen molar-refractivity contribution in [2.75, 3.05) is 0 Å². The quantitative estimate of drug-likeness (QED) is 0.599. The normalized spacial score (nSPS) is 39.6. The Kier molecular flexibility index (Phi) is 2.73. The van der Waals surface area contributed by atoms with Gasteiger partial charge in [0.2, 0.25) is 0 Å². The van der Waals surface area contributed by atoms with E-state index in [-0.39, 0.29) is 5.38 Å². The summed E-state index contributed by atoms with van der Waals surface area (Å²) >= 11 is 17.3. The van der Waals surface area contributed by atoms with Crippen LogP contribution in [0.1, 0.15) is 19.3 Å². The van der Waals surface area contributed by atoms with Crippen LogP contribution in [0.5, 0.6) is 0 Å². The zero-order valence-electron chi connectivity index (χ0n) is 5.36. The van der Waals surface area contributed by atoms with Crippen LogP contribution in [0.2, 0.25) is 0 Å². The molecule has 10 heavy (non-hydrogen) atoms. The monoisotopic (exact) mass is 202 g/mol. The number of aliphatic hydroxyl groups is 1. The minimum absolute atomic E-state index is 0.0124. The predicted octanol–water partition coefficient (Wildman–Crippen LogP) is 2.31. The van der Waals surface area contributed by atoms with E-state index in [4.69, 9.17) is 34.8 Å². The Balaban J connectivity index is 2.55. The van der Waals surface area contributed by atoms with Gasteiger partial charge in [-0.05, 0) is 19.3 Å². The van der Waals surface area contributed by atoms with Crippen LogP contribution in [0.25, 0.3) is 0 Å². The third-order valence-corrected chi connectivity index (χ3v) is 2.92. The zero-order chi connectivity index (χ0) is 7.78. The van der Waals surface area contributed by atoms with E-state index < -0.39 is 10.4 Å². The summed E-state index contributed by atoms with van der Waals surface area (Å²) < 4.78 is -1.02. The van der Waals surface area contributed by atoms with Gasteiger partial charge < -0.3 is 5.11 Å². The summed E-state index contributed by atoms with van der Waals surface area (Å²) in [6.45, 7) is 0. The lowest BCUT2D eigenvalue weighted by molar-refractivity contribution is 0.121. The molecule has 1 saturated carbocycles. The van der Waals surface area contributed by atoms with Gasteiger partial charge in [-0.15, -0.1) is 11.6 Å². The van der Waals surface area contributed by atoms with Gasteiger partial charge in [0.25, 0.3) is 0 Å². The molecule has 0 radical (unpaired) electrons. The number of alkyl halides is 3. The minimum atomic E-state index is -1.02. The Morgan fingerprint density at radius 1 is 1.30 bits per heavy atom. The van der Waals surface area contributed by atoms with E-state index in [0.29, 0.717) is 12.8 Å². The van der Waals surface area contributed by atoms with Crippen molar-refractivity contribution in [3.05, 3.63) is 0 Å². The first-order chi connectivity index (χ1) is 4.52. The molecule has 4 heteroatoms. The van der Waals surface area contributed by atoms with Gasteiger partial charge >= 0.3 is 0 Å². The molecule has 60 valence electrons. The molecular weight excluding hydrogens is 194 g/mol. The molecule has 2 atom stereocenters. The Morgan fingerprint density at radius 2 is 1.90 bits per heavy atom. The summed E-state index contributed by atoms with van der Waals surface area (Å²) in [5.41, 5.74) is 0. The number of hydrogen-bond donors (Lipinski definition) is 1. The highest BCUT2D eigenvalue weighted by atomic mass is 35.5. The van der Waals surface area contributed by atoms with Gasteiger partial charge in [-0.2, -0.15) is 0 Å². The van der Waals surface area contributed by atoms with Crippen LogP contribution in [0.4, 0.5) is 0 Å². The van der Waals surface area contributed by atoms with Crippen LogP contribution in [-0.4, -0.2) is 20.9 Å². The minimum Gasteiger partial charge on any atom is -0.390 e. The van der Waals surface area contributed by atoms with Crippen molar-refractivity contribution in [2.24, 2.45) is 0 Å². The molecule has 1 aliphatic rings. The first kappa shape index (κ1) is 8.92. The highest BCUT2D eigenvalue weighted by Gasteiger charge is 2.39. The molecule has 0 aromatic rings. The van der Waals surface area contributed by atoms with Crippen molar-refractivity contribution in [1.29, 1.82) is 0 Å². The van der Waals surface area contributed by atoms with Gasteiger partial charge in [0, 0.05) is 5.38 Å². The largest absolute Gasteiger partial charge is 0.390 e. The summed E-state index contributed by atoms with van der Waals surface area (Å²) in [5, 5.41) is 9.24. The Labute approximate surface area is 75.3 Å². The molecular formula is C6H9Cl3O. The maximum absolute atomic E-state index is 9.23. The first-order valence-electron chi connectivity index (χ1n) is 3.22. The van der Waals surface area contributed by atoms with E-state index in [9.17, 15) is 5.11 Å². The molecule has 0 heterocycles. The van der Waals surface area contributed by atoms with E-state index in [1.807, 2.05) is 0 Å². The van der Waals surface area contributed by atoms with E-state index in [1.54, 1.807) is 0 Å². The molecule has 0 saturated heterocycles. The van der Waals surface area contributed by atoms with Gasteiger partial charge in [0.15, 0.2) is 0 Å². The van der Waals surface area contributed by atoms with Crippen molar-refractivity contribution in [3.63, 3.8) is 0 Å². The van der Waals surface area contributed by atoms with E-state index in [1.165, 1.54) is 0 Å². The van der Waals surface area contributed by atoms with Gasteiger partial charge in [-0.25, -0.2) is 0 Å². The molecule has 2 unspecified atom stereocenters. The summed E-state index contributed by atoms with van der Waals surface area (Å²) in [7, 11) is 0. The van der Waals surface area contributed by atoms with Gasteiger partial charge in [0.1, 0.15) is 4.33 Å². The highest BCUT2D eigenvalue weighted by Crippen LogP contribution is 2.39. The van der Waals surface area contributed by atoms with Crippen LogP contribution in [0.15, 0.2) is 0 Å². The predicted molar refractivity (Wildman–Crippen MR) is 43.9 cm³/mol. The van der Waals surface area contributed by atoms with Crippen LogP contribution in [0, 0.1) is 0 Å². The van der Waals surface area contributed by atoms with Crippen molar-refractivity contribution >= 4 is 34.8 Å². The Bertz CT molecular complexity index is 126. The topological polar surface area (TPSA) is 20.2 Å². The van der Waals surface area contributed by atoms with Gasteiger partial charge in [-0.3, -0.25) is 0 Å². The Hall–Kier alpha value is 0.830. The number of halogens is 3. The van der Waals surface area contributed by atoms with Crippen LogP contribution >= 0.6 is 34.8 Å². The van der Waals surface area contributed by atoms with Crippen molar-refractivity contribution in [1.82, 2.24) is 0 Å². The van der Waals surface area contributed by atoms with E-state index in [0.717, 1.165) is 6.42 Å². The molecule has 0 bridgehead atoms. The maximum atomic E-state index is 9.23. The molecule has 1 fully saturated rings. The fourth-order valence-corrected chi connectivity index (χ4v) is 2.20. The number of rotatable bonds is 0. The fraction of sp³-hybridized carbons (Fsp3) is 1.00. The third kappa shape index (κ3) is 1.91. The van der Waals surface area contributed by atoms with Crippen LogP contribution in [0.3, 0.4) is 0 Å². The second kappa shape index (κ2) is 3.06. The summed E-state index contributed by atoms with van der Waals surface area (Å²) in [5.74, 6) is 0. The standard InChI is InChI=1S/C6H9Cl3O/c7-4-1-2-5(10)6(8,9)3-4/h4-5,10H,1-3H2.